The predicted octanol–water partition coefficient (Wildman–Crippen LogP) is 3.18. The van der Waals surface area contributed by atoms with Crippen molar-refractivity contribution in [3.05, 3.63) is 34.6 Å². The number of rotatable bonds is 3. The second-order valence-electron chi connectivity index (χ2n) is 2.59. The Bertz CT molecular complexity index is 325. The van der Waals surface area contributed by atoms with Crippen LogP contribution in [0.3, 0.4) is 0 Å². The zero-order chi connectivity index (χ0) is 9.84. The molecule has 0 saturated carbocycles. The lowest BCUT2D eigenvalue weighted by Crippen LogP contribution is -1.92. The van der Waals surface area contributed by atoms with E-state index in [-0.39, 0.29) is 12.2 Å². The summed E-state index contributed by atoms with van der Waals surface area (Å²) in [5.41, 5.74) is 0.733. The number of hydrogen-bond acceptors (Lipinski definition) is 1. The van der Waals surface area contributed by atoms with E-state index < -0.39 is 5.24 Å². The van der Waals surface area contributed by atoms with E-state index in [9.17, 15) is 9.18 Å². The highest BCUT2D eigenvalue weighted by atomic mass is 35.5. The largest absolute Gasteiger partial charge is 0.281 e. The van der Waals surface area contributed by atoms with Gasteiger partial charge in [0.1, 0.15) is 5.82 Å². The third-order valence-corrected chi connectivity index (χ3v) is 2.15. The second kappa shape index (κ2) is 4.58. The maximum absolute atomic E-state index is 12.6. The van der Waals surface area contributed by atoms with Crippen molar-refractivity contribution in [2.75, 3.05) is 0 Å². The molecule has 1 rings (SSSR count). The molecular formula is C9H7Cl2FO. The van der Waals surface area contributed by atoms with Crippen LogP contribution in [-0.2, 0) is 11.2 Å². The van der Waals surface area contributed by atoms with Crippen LogP contribution in [0.15, 0.2) is 18.2 Å². The number of benzene rings is 1. The lowest BCUT2D eigenvalue weighted by Gasteiger charge is -2.01. The van der Waals surface area contributed by atoms with Crippen LogP contribution >= 0.6 is 23.2 Å². The lowest BCUT2D eigenvalue weighted by atomic mass is 10.1. The normalized spacial score (nSPS) is 10.1. The van der Waals surface area contributed by atoms with Crippen LogP contribution in [0.1, 0.15) is 12.0 Å². The van der Waals surface area contributed by atoms with Crippen LogP contribution in [-0.4, -0.2) is 5.24 Å². The molecule has 0 aromatic heterocycles. The van der Waals surface area contributed by atoms with E-state index in [2.05, 4.69) is 0 Å². The molecule has 13 heavy (non-hydrogen) atoms. The fourth-order valence-electron chi connectivity index (χ4n) is 0.957. The van der Waals surface area contributed by atoms with Gasteiger partial charge in [-0.1, -0.05) is 17.7 Å². The Hall–Kier alpha value is -0.600. The smallest absolute Gasteiger partial charge is 0.221 e. The van der Waals surface area contributed by atoms with Crippen LogP contribution in [0.25, 0.3) is 0 Å². The number of carbonyl (C=O) groups is 1. The van der Waals surface area contributed by atoms with E-state index in [0.717, 1.165) is 5.56 Å². The molecule has 0 aliphatic heterocycles. The van der Waals surface area contributed by atoms with Crippen LogP contribution in [0, 0.1) is 5.82 Å². The Balaban J connectivity index is 2.72. The standard InChI is InChI=1S/C9H7Cl2FO/c10-8-5-7(12)3-1-6(8)2-4-9(11)13/h1,3,5H,2,4H2. The summed E-state index contributed by atoms with van der Waals surface area (Å²) in [4.78, 5) is 10.4. The summed E-state index contributed by atoms with van der Waals surface area (Å²) < 4.78 is 12.6. The number of carbonyl (C=O) groups excluding carboxylic acids is 1. The summed E-state index contributed by atoms with van der Waals surface area (Å²) in [6.07, 6.45) is 0.661. The summed E-state index contributed by atoms with van der Waals surface area (Å²) in [5, 5.41) is -0.0849. The molecule has 0 bridgehead atoms. The number of hydrogen-bond donors (Lipinski definition) is 0. The third kappa shape index (κ3) is 3.33. The Morgan fingerprint density at radius 2 is 2.15 bits per heavy atom. The Kier molecular flexibility index (Phi) is 3.70. The Labute approximate surface area is 85.5 Å². The molecule has 0 atom stereocenters. The minimum absolute atomic E-state index is 0.215. The first-order valence-electron chi connectivity index (χ1n) is 3.72. The van der Waals surface area contributed by atoms with Gasteiger partial charge in [-0.2, -0.15) is 0 Å². The van der Waals surface area contributed by atoms with E-state index in [1.807, 2.05) is 0 Å². The van der Waals surface area contributed by atoms with E-state index in [4.69, 9.17) is 23.2 Å². The average molecular weight is 221 g/mol. The fraction of sp³-hybridized carbons (Fsp3) is 0.222. The third-order valence-electron chi connectivity index (χ3n) is 1.61. The molecular weight excluding hydrogens is 214 g/mol. The molecule has 1 aromatic carbocycles. The summed E-state index contributed by atoms with van der Waals surface area (Å²) in [6.45, 7) is 0. The highest BCUT2D eigenvalue weighted by Gasteiger charge is 2.03. The zero-order valence-electron chi connectivity index (χ0n) is 6.69. The topological polar surface area (TPSA) is 17.1 Å². The predicted molar refractivity (Wildman–Crippen MR) is 50.6 cm³/mol. The van der Waals surface area contributed by atoms with Gasteiger partial charge in [-0.05, 0) is 35.7 Å². The molecule has 70 valence electrons. The van der Waals surface area contributed by atoms with Crippen molar-refractivity contribution >= 4 is 28.4 Å². The second-order valence-corrected chi connectivity index (χ2v) is 3.42. The zero-order valence-corrected chi connectivity index (χ0v) is 8.20. The number of halogens is 3. The highest BCUT2D eigenvalue weighted by molar-refractivity contribution is 6.63. The van der Waals surface area contributed by atoms with Gasteiger partial charge < -0.3 is 0 Å². The van der Waals surface area contributed by atoms with Gasteiger partial charge in [-0.15, -0.1) is 0 Å². The molecule has 0 saturated heterocycles. The minimum atomic E-state index is -0.416. The van der Waals surface area contributed by atoms with Gasteiger partial charge in [-0.25, -0.2) is 4.39 Å². The van der Waals surface area contributed by atoms with Crippen molar-refractivity contribution in [3.8, 4) is 0 Å². The van der Waals surface area contributed by atoms with Gasteiger partial charge in [0.25, 0.3) is 0 Å². The highest BCUT2D eigenvalue weighted by Crippen LogP contribution is 2.18. The minimum Gasteiger partial charge on any atom is -0.281 e. The van der Waals surface area contributed by atoms with Gasteiger partial charge in [-0.3, -0.25) is 4.79 Å². The first kappa shape index (κ1) is 10.5. The summed E-state index contributed by atoms with van der Waals surface area (Å²) in [5.74, 6) is -0.383. The van der Waals surface area contributed by atoms with Crippen LogP contribution < -0.4 is 0 Å². The van der Waals surface area contributed by atoms with Gasteiger partial charge in [0.15, 0.2) is 0 Å². The van der Waals surface area contributed by atoms with E-state index in [1.54, 1.807) is 6.07 Å². The van der Waals surface area contributed by atoms with Crippen molar-refractivity contribution in [3.63, 3.8) is 0 Å². The lowest BCUT2D eigenvalue weighted by molar-refractivity contribution is -0.111. The van der Waals surface area contributed by atoms with E-state index in [0.29, 0.717) is 11.4 Å². The summed E-state index contributed by atoms with van der Waals surface area (Å²) in [6, 6.07) is 4.08. The molecule has 0 aliphatic rings. The Morgan fingerprint density at radius 1 is 1.46 bits per heavy atom. The molecule has 0 heterocycles. The molecule has 0 aliphatic carbocycles. The monoisotopic (exact) mass is 220 g/mol. The molecule has 0 N–H and O–H groups in total. The number of aryl methyl sites for hydroxylation is 1. The van der Waals surface area contributed by atoms with Gasteiger partial charge in [0, 0.05) is 11.4 Å². The van der Waals surface area contributed by atoms with Gasteiger partial charge >= 0.3 is 0 Å². The van der Waals surface area contributed by atoms with Crippen molar-refractivity contribution in [1.82, 2.24) is 0 Å². The van der Waals surface area contributed by atoms with Crippen LogP contribution in [0.4, 0.5) is 4.39 Å². The van der Waals surface area contributed by atoms with Gasteiger partial charge in [0.05, 0.1) is 0 Å². The molecule has 1 nitrogen and oxygen atoms in total. The van der Waals surface area contributed by atoms with Crippen molar-refractivity contribution in [1.29, 1.82) is 0 Å². The molecule has 4 heteroatoms. The van der Waals surface area contributed by atoms with E-state index in [1.165, 1.54) is 12.1 Å². The molecule has 0 fully saturated rings. The summed E-state index contributed by atoms with van der Waals surface area (Å²) in [7, 11) is 0. The van der Waals surface area contributed by atoms with Crippen LogP contribution in [0.2, 0.25) is 5.02 Å². The van der Waals surface area contributed by atoms with Crippen molar-refractivity contribution < 1.29 is 9.18 Å². The Morgan fingerprint density at radius 3 is 2.69 bits per heavy atom. The van der Waals surface area contributed by atoms with Crippen molar-refractivity contribution in [2.45, 2.75) is 12.8 Å². The SMILES string of the molecule is O=C(Cl)CCc1ccc(F)cc1Cl. The first-order chi connectivity index (χ1) is 6.09. The van der Waals surface area contributed by atoms with Crippen molar-refractivity contribution in [2.24, 2.45) is 0 Å². The average Bonchev–Trinajstić information content (AvgIpc) is 2.02. The van der Waals surface area contributed by atoms with Crippen LogP contribution in [0.5, 0.6) is 0 Å². The summed E-state index contributed by atoms with van der Waals surface area (Å²) >= 11 is 10.9. The van der Waals surface area contributed by atoms with E-state index >= 15 is 0 Å². The molecule has 1 aromatic rings. The molecule has 0 unspecified atom stereocenters. The fourth-order valence-corrected chi connectivity index (χ4v) is 1.31. The van der Waals surface area contributed by atoms with Gasteiger partial charge in [0.2, 0.25) is 5.24 Å². The molecule has 0 amide bonds. The quantitative estimate of drug-likeness (QED) is 0.716. The first-order valence-corrected chi connectivity index (χ1v) is 4.47. The molecule has 0 radical (unpaired) electrons. The maximum atomic E-state index is 12.6. The molecule has 0 spiro atoms. The maximum Gasteiger partial charge on any atom is 0.221 e.